The van der Waals surface area contributed by atoms with Gasteiger partial charge in [0.1, 0.15) is 34.6 Å². The van der Waals surface area contributed by atoms with Gasteiger partial charge >= 0.3 is 0 Å². The Hall–Kier alpha value is -3.75. The van der Waals surface area contributed by atoms with Crippen molar-refractivity contribution in [1.29, 1.82) is 0 Å². The molecule has 4 aliphatic rings. The highest BCUT2D eigenvalue weighted by Crippen LogP contribution is 2.33. The Labute approximate surface area is 293 Å². The minimum absolute atomic E-state index is 0.0289. The summed E-state index contributed by atoms with van der Waals surface area (Å²) in [6, 6.07) is 7.32. The summed E-state index contributed by atoms with van der Waals surface area (Å²) in [5.41, 5.74) is 0.932. The van der Waals surface area contributed by atoms with Crippen molar-refractivity contribution in [1.82, 2.24) is 20.2 Å². The molecule has 2 amide bonds. The van der Waals surface area contributed by atoms with Gasteiger partial charge in [-0.2, -0.15) is 11.8 Å². The van der Waals surface area contributed by atoms with Crippen LogP contribution in [-0.2, 0) is 20.1 Å². The third-order valence-electron chi connectivity index (χ3n) is 10.0. The van der Waals surface area contributed by atoms with Gasteiger partial charge in [0.15, 0.2) is 0 Å². The van der Waals surface area contributed by atoms with Gasteiger partial charge in [0, 0.05) is 62.2 Å². The number of anilines is 2. The Morgan fingerprint density at radius 1 is 0.940 bits per heavy atom. The van der Waals surface area contributed by atoms with Gasteiger partial charge in [-0.3, -0.25) is 24.6 Å². The summed E-state index contributed by atoms with van der Waals surface area (Å²) >= 11 is 1.77. The number of thioether (sulfide) groups is 1. The van der Waals surface area contributed by atoms with Gasteiger partial charge in [-0.25, -0.2) is 13.8 Å². The van der Waals surface area contributed by atoms with E-state index in [-0.39, 0.29) is 35.5 Å². The molecule has 2 aliphatic carbocycles. The van der Waals surface area contributed by atoms with Crippen LogP contribution >= 0.6 is 11.8 Å². The summed E-state index contributed by atoms with van der Waals surface area (Å²) in [7, 11) is 0. The van der Waals surface area contributed by atoms with E-state index in [1.54, 1.807) is 30.0 Å². The number of nitrogens with zero attached hydrogens (tertiary/aromatic N) is 3. The standard InChI is InChI=1S/C36H44F2N6O5S/c37-27-17-23(39-29-8-10-33(45)42-35(29)46)3-9-31(27)44-13-11-43(12-14-44)15-16-48-24-4-6-26(7-5-24)50-21-32-40-30-19-25(49-20-22-1-2-22)18-28(38)34(30)36(47)41-32/h3,9,17-19,22,24,26,29,39H,1-2,4-8,10-16,20-21H2,(H,40,41,47)(H,42,45,46)/t24-,26-,29?. The average Bonchev–Trinajstić information content (AvgIpc) is 3.93. The van der Waals surface area contributed by atoms with E-state index in [4.69, 9.17) is 9.47 Å². The monoisotopic (exact) mass is 710 g/mol. The van der Waals surface area contributed by atoms with Gasteiger partial charge in [0.25, 0.3) is 5.56 Å². The van der Waals surface area contributed by atoms with Gasteiger partial charge in [-0.1, -0.05) is 0 Å². The molecule has 3 N–H and O–H groups in total. The fourth-order valence-electron chi connectivity index (χ4n) is 6.91. The van der Waals surface area contributed by atoms with E-state index in [0.29, 0.717) is 78.1 Å². The van der Waals surface area contributed by atoms with Crippen molar-refractivity contribution >= 4 is 45.9 Å². The highest BCUT2D eigenvalue weighted by molar-refractivity contribution is 7.99. The molecule has 7 rings (SSSR count). The third-order valence-corrected chi connectivity index (χ3v) is 11.4. The van der Waals surface area contributed by atoms with Crippen LogP contribution in [0.5, 0.6) is 5.75 Å². The zero-order chi connectivity index (χ0) is 34.6. The van der Waals surface area contributed by atoms with Crippen molar-refractivity contribution in [2.45, 2.75) is 74.5 Å². The minimum atomic E-state index is -0.609. The maximum atomic E-state index is 15.1. The lowest BCUT2D eigenvalue weighted by Gasteiger charge is -2.36. The number of carbonyl (C=O) groups is 2. The van der Waals surface area contributed by atoms with Crippen LogP contribution in [0.4, 0.5) is 20.2 Å². The number of benzene rings is 2. The number of halogens is 2. The van der Waals surface area contributed by atoms with Crippen molar-refractivity contribution in [3.63, 3.8) is 0 Å². The number of ether oxygens (including phenoxy) is 2. The first-order valence-electron chi connectivity index (χ1n) is 17.7. The zero-order valence-electron chi connectivity index (χ0n) is 28.1. The number of piperazine rings is 1. The summed E-state index contributed by atoms with van der Waals surface area (Å²) in [4.78, 5) is 47.8. The first kappa shape index (κ1) is 34.7. The fraction of sp³-hybridized carbons (Fsp3) is 0.556. The predicted molar refractivity (Wildman–Crippen MR) is 189 cm³/mol. The van der Waals surface area contributed by atoms with Crippen LogP contribution in [0.2, 0.25) is 0 Å². The van der Waals surface area contributed by atoms with E-state index in [1.807, 2.05) is 4.90 Å². The Balaban J connectivity index is 0.800. The molecule has 3 heterocycles. The lowest BCUT2D eigenvalue weighted by atomic mass is 9.97. The molecule has 2 aromatic carbocycles. The second kappa shape index (κ2) is 15.6. The number of H-pyrrole nitrogens is 1. The summed E-state index contributed by atoms with van der Waals surface area (Å²) in [6.07, 6.45) is 7.16. The summed E-state index contributed by atoms with van der Waals surface area (Å²) < 4.78 is 41.7. The van der Waals surface area contributed by atoms with Crippen molar-refractivity contribution in [2.24, 2.45) is 5.92 Å². The van der Waals surface area contributed by atoms with Crippen LogP contribution in [0.25, 0.3) is 10.9 Å². The van der Waals surface area contributed by atoms with Crippen LogP contribution < -0.4 is 25.8 Å². The number of imide groups is 1. The molecular weight excluding hydrogens is 666 g/mol. The van der Waals surface area contributed by atoms with E-state index < -0.39 is 17.4 Å². The molecule has 2 saturated heterocycles. The van der Waals surface area contributed by atoms with Crippen LogP contribution in [0.15, 0.2) is 35.1 Å². The lowest BCUT2D eigenvalue weighted by molar-refractivity contribution is -0.133. The number of aromatic nitrogens is 2. The topological polar surface area (TPSA) is 129 Å². The van der Waals surface area contributed by atoms with Gasteiger partial charge in [-0.05, 0) is 69.1 Å². The van der Waals surface area contributed by atoms with Crippen molar-refractivity contribution in [3.05, 3.63) is 58.1 Å². The molecule has 3 aromatic rings. The number of rotatable bonds is 13. The van der Waals surface area contributed by atoms with Crippen molar-refractivity contribution in [2.75, 3.05) is 56.2 Å². The number of hydrogen-bond donors (Lipinski definition) is 3. The molecule has 1 aromatic heterocycles. The van der Waals surface area contributed by atoms with E-state index in [2.05, 4.69) is 25.5 Å². The summed E-state index contributed by atoms with van der Waals surface area (Å²) in [6.45, 7) is 5.10. The van der Waals surface area contributed by atoms with Crippen LogP contribution in [0, 0.1) is 17.6 Å². The van der Waals surface area contributed by atoms with E-state index in [9.17, 15) is 18.8 Å². The van der Waals surface area contributed by atoms with Gasteiger partial charge in [0.05, 0.1) is 36.3 Å². The lowest BCUT2D eigenvalue weighted by Crippen LogP contribution is -2.48. The SMILES string of the molecule is O=C1CCC(Nc2ccc(N3CCN(CCO[C@H]4CC[C@H](SCc5nc6cc(OCC7CC7)cc(F)c6c(=O)[nH]5)CC4)CC3)c(F)c2)C(=O)N1. The Morgan fingerprint density at radius 3 is 2.48 bits per heavy atom. The van der Waals surface area contributed by atoms with Gasteiger partial charge < -0.3 is 24.7 Å². The van der Waals surface area contributed by atoms with Crippen LogP contribution in [0.3, 0.4) is 0 Å². The first-order valence-corrected chi connectivity index (χ1v) is 18.8. The molecule has 4 fully saturated rings. The molecule has 11 nitrogen and oxygen atoms in total. The molecule has 268 valence electrons. The highest BCUT2D eigenvalue weighted by atomic mass is 32.2. The molecule has 0 bridgehead atoms. The summed E-state index contributed by atoms with van der Waals surface area (Å²) in [5, 5.41) is 5.76. The fourth-order valence-corrected chi connectivity index (χ4v) is 8.04. The molecule has 14 heteroatoms. The van der Waals surface area contributed by atoms with Gasteiger partial charge in [-0.15, -0.1) is 0 Å². The number of aromatic amines is 1. The maximum Gasteiger partial charge on any atom is 0.261 e. The minimum Gasteiger partial charge on any atom is -0.493 e. The number of hydrogen-bond acceptors (Lipinski definition) is 10. The average molecular weight is 711 g/mol. The molecule has 1 unspecified atom stereocenters. The highest BCUT2D eigenvalue weighted by Gasteiger charge is 2.28. The Bertz CT molecular complexity index is 1760. The van der Waals surface area contributed by atoms with E-state index in [0.717, 1.165) is 58.2 Å². The number of fused-ring (bicyclic) bond motifs is 1. The molecule has 0 spiro atoms. The number of amides is 2. The predicted octanol–water partition coefficient (Wildman–Crippen LogP) is 4.59. The van der Waals surface area contributed by atoms with Gasteiger partial charge in [0.2, 0.25) is 11.8 Å². The first-order chi connectivity index (χ1) is 24.3. The Morgan fingerprint density at radius 2 is 1.74 bits per heavy atom. The molecule has 2 saturated carbocycles. The Kier molecular flexibility index (Phi) is 10.9. The number of piperidine rings is 1. The molecule has 50 heavy (non-hydrogen) atoms. The second-order valence-electron chi connectivity index (χ2n) is 13.8. The number of nitrogens with one attached hydrogen (secondary N) is 3. The normalized spacial score (nSPS) is 23.2. The van der Waals surface area contributed by atoms with Crippen LogP contribution in [-0.4, -0.2) is 90.0 Å². The number of carbonyl (C=O) groups excluding carboxylic acids is 2. The quantitative estimate of drug-likeness (QED) is 0.217. The zero-order valence-corrected chi connectivity index (χ0v) is 28.9. The third kappa shape index (κ3) is 8.75. The van der Waals surface area contributed by atoms with Crippen LogP contribution in [0.1, 0.15) is 57.2 Å². The van der Waals surface area contributed by atoms with E-state index >= 15 is 4.39 Å². The molecule has 0 radical (unpaired) electrons. The summed E-state index contributed by atoms with van der Waals surface area (Å²) in [5.74, 6) is 0.444. The smallest absolute Gasteiger partial charge is 0.261 e. The van der Waals surface area contributed by atoms with E-state index in [1.165, 1.54) is 12.1 Å². The van der Waals surface area contributed by atoms with Crippen molar-refractivity contribution in [3.8, 4) is 5.75 Å². The van der Waals surface area contributed by atoms with Crippen molar-refractivity contribution < 1.29 is 27.8 Å². The molecule has 2 aliphatic heterocycles. The second-order valence-corrected chi connectivity index (χ2v) is 15.1. The maximum absolute atomic E-state index is 15.1. The molecule has 1 atom stereocenters. The largest absolute Gasteiger partial charge is 0.493 e. The molecular formula is C36H44F2N6O5S.